The molecule has 1 unspecified atom stereocenters. The van der Waals surface area contributed by atoms with E-state index in [1.165, 1.54) is 0 Å². The molecule has 0 aromatic heterocycles. The summed E-state index contributed by atoms with van der Waals surface area (Å²) in [6.45, 7) is 4.66. The second-order valence-corrected chi connectivity index (χ2v) is 5.35. The molecule has 5 heteroatoms. The Morgan fingerprint density at radius 1 is 1.16 bits per heavy atom. The van der Waals surface area contributed by atoms with Crippen molar-refractivity contribution < 1.29 is 19.1 Å². The number of carbonyl (C=O) groups excluding carboxylic acids is 2. The zero-order valence-electron chi connectivity index (χ0n) is 14.9. The Balaban J connectivity index is 0.000000550. The molecule has 5 nitrogen and oxygen atoms in total. The van der Waals surface area contributed by atoms with Gasteiger partial charge in [-0.1, -0.05) is 30.3 Å². The standard InChI is InChI=1S/C17H19NO2.C3H6O2/c1-13(11-14-7-6-10-16(12-14)20-2)18-17(19)15-8-4-3-5-9-15;1-2-5-3-4/h3-10,12-13H,11H2,1-2H3,(H,18,19);3H,2H2,1H3. The molecule has 0 radical (unpaired) electrons. The van der Waals surface area contributed by atoms with Crippen LogP contribution >= 0.6 is 0 Å². The second kappa shape index (κ2) is 11.7. The van der Waals surface area contributed by atoms with Crippen molar-refractivity contribution in [3.8, 4) is 5.75 Å². The molecule has 0 heterocycles. The zero-order chi connectivity index (χ0) is 18.5. The first-order valence-electron chi connectivity index (χ1n) is 8.14. The second-order valence-electron chi connectivity index (χ2n) is 5.35. The maximum absolute atomic E-state index is 12.0. The van der Waals surface area contributed by atoms with E-state index < -0.39 is 0 Å². The molecule has 25 heavy (non-hydrogen) atoms. The van der Waals surface area contributed by atoms with Gasteiger partial charge in [0.1, 0.15) is 5.75 Å². The summed E-state index contributed by atoms with van der Waals surface area (Å²) in [4.78, 5) is 21.2. The highest BCUT2D eigenvalue weighted by atomic mass is 16.5. The van der Waals surface area contributed by atoms with Gasteiger partial charge in [0.05, 0.1) is 13.7 Å². The van der Waals surface area contributed by atoms with E-state index in [1.807, 2.05) is 61.5 Å². The van der Waals surface area contributed by atoms with E-state index in [1.54, 1.807) is 14.0 Å². The van der Waals surface area contributed by atoms with Crippen LogP contribution in [-0.4, -0.2) is 32.1 Å². The predicted molar refractivity (Wildman–Crippen MR) is 97.8 cm³/mol. The summed E-state index contributed by atoms with van der Waals surface area (Å²) < 4.78 is 9.35. The van der Waals surface area contributed by atoms with Crippen molar-refractivity contribution in [3.05, 3.63) is 65.7 Å². The molecule has 0 aliphatic rings. The van der Waals surface area contributed by atoms with Crippen LogP contribution in [0.1, 0.15) is 29.8 Å². The molecule has 1 N–H and O–H groups in total. The Bertz CT molecular complexity index is 643. The van der Waals surface area contributed by atoms with E-state index in [9.17, 15) is 9.59 Å². The topological polar surface area (TPSA) is 64.6 Å². The van der Waals surface area contributed by atoms with Crippen LogP contribution in [0, 0.1) is 0 Å². The van der Waals surface area contributed by atoms with Crippen molar-refractivity contribution in [3.63, 3.8) is 0 Å². The van der Waals surface area contributed by atoms with Crippen molar-refractivity contribution >= 4 is 12.4 Å². The van der Waals surface area contributed by atoms with Gasteiger partial charge in [-0.2, -0.15) is 0 Å². The number of amides is 1. The minimum Gasteiger partial charge on any atom is -0.497 e. The molecule has 1 atom stereocenters. The van der Waals surface area contributed by atoms with Crippen LogP contribution in [0.15, 0.2) is 54.6 Å². The normalized spacial score (nSPS) is 10.7. The fourth-order valence-electron chi connectivity index (χ4n) is 2.17. The number of rotatable bonds is 7. The highest BCUT2D eigenvalue weighted by Crippen LogP contribution is 2.14. The van der Waals surface area contributed by atoms with Crippen molar-refractivity contribution in [2.45, 2.75) is 26.3 Å². The molecule has 2 rings (SSSR count). The van der Waals surface area contributed by atoms with Crippen molar-refractivity contribution in [2.24, 2.45) is 0 Å². The van der Waals surface area contributed by atoms with Gasteiger partial charge in [-0.25, -0.2) is 0 Å². The van der Waals surface area contributed by atoms with Gasteiger partial charge < -0.3 is 14.8 Å². The maximum Gasteiger partial charge on any atom is 0.293 e. The number of hydrogen-bond donors (Lipinski definition) is 1. The Kier molecular flexibility index (Phi) is 9.45. The number of carbonyl (C=O) groups is 2. The monoisotopic (exact) mass is 343 g/mol. The maximum atomic E-state index is 12.0. The van der Waals surface area contributed by atoms with Gasteiger partial charge >= 0.3 is 0 Å². The van der Waals surface area contributed by atoms with Gasteiger partial charge in [-0.05, 0) is 50.1 Å². The predicted octanol–water partition coefficient (Wildman–Crippen LogP) is 3.24. The third-order valence-electron chi connectivity index (χ3n) is 3.32. The smallest absolute Gasteiger partial charge is 0.293 e. The largest absolute Gasteiger partial charge is 0.497 e. The SMILES string of the molecule is CCOC=O.COc1cccc(CC(C)NC(=O)c2ccccc2)c1. The van der Waals surface area contributed by atoms with Gasteiger partial charge in [0, 0.05) is 11.6 Å². The van der Waals surface area contributed by atoms with Crippen LogP contribution in [0.4, 0.5) is 0 Å². The number of ether oxygens (including phenoxy) is 2. The molecule has 0 aliphatic heterocycles. The van der Waals surface area contributed by atoms with E-state index in [0.717, 1.165) is 17.7 Å². The van der Waals surface area contributed by atoms with Crippen LogP contribution in [0.5, 0.6) is 5.75 Å². The number of methoxy groups -OCH3 is 1. The third-order valence-corrected chi connectivity index (χ3v) is 3.32. The van der Waals surface area contributed by atoms with Crippen molar-refractivity contribution in [1.82, 2.24) is 5.32 Å². The molecular weight excluding hydrogens is 318 g/mol. The van der Waals surface area contributed by atoms with E-state index in [4.69, 9.17) is 4.74 Å². The van der Waals surface area contributed by atoms with E-state index in [-0.39, 0.29) is 11.9 Å². The van der Waals surface area contributed by atoms with Gasteiger partial charge in [-0.15, -0.1) is 0 Å². The van der Waals surface area contributed by atoms with Crippen LogP contribution < -0.4 is 10.1 Å². The van der Waals surface area contributed by atoms with Gasteiger partial charge in [-0.3, -0.25) is 9.59 Å². The summed E-state index contributed by atoms with van der Waals surface area (Å²) in [7, 11) is 1.65. The summed E-state index contributed by atoms with van der Waals surface area (Å²) in [5, 5.41) is 3.00. The molecule has 2 aromatic rings. The lowest BCUT2D eigenvalue weighted by molar-refractivity contribution is -0.128. The molecule has 0 aliphatic carbocycles. The van der Waals surface area contributed by atoms with E-state index in [0.29, 0.717) is 18.6 Å². The Morgan fingerprint density at radius 2 is 1.88 bits per heavy atom. The molecule has 0 saturated carbocycles. The quantitative estimate of drug-likeness (QED) is 0.784. The fraction of sp³-hybridized carbons (Fsp3) is 0.300. The van der Waals surface area contributed by atoms with Crippen molar-refractivity contribution in [2.75, 3.05) is 13.7 Å². The Hall–Kier alpha value is -2.82. The first-order valence-corrected chi connectivity index (χ1v) is 8.14. The van der Waals surface area contributed by atoms with E-state index >= 15 is 0 Å². The minimum absolute atomic E-state index is 0.0407. The molecule has 0 saturated heterocycles. The highest BCUT2D eigenvalue weighted by molar-refractivity contribution is 5.94. The summed E-state index contributed by atoms with van der Waals surface area (Å²) in [6, 6.07) is 17.2. The summed E-state index contributed by atoms with van der Waals surface area (Å²) in [6.07, 6.45) is 0.774. The summed E-state index contributed by atoms with van der Waals surface area (Å²) in [5.41, 5.74) is 1.83. The lowest BCUT2D eigenvalue weighted by Crippen LogP contribution is -2.34. The number of nitrogens with one attached hydrogen (secondary N) is 1. The number of hydrogen-bond acceptors (Lipinski definition) is 4. The van der Waals surface area contributed by atoms with Crippen LogP contribution in [0.25, 0.3) is 0 Å². The van der Waals surface area contributed by atoms with Crippen LogP contribution in [0.3, 0.4) is 0 Å². The third kappa shape index (κ3) is 8.01. The van der Waals surface area contributed by atoms with Gasteiger partial charge in [0.2, 0.25) is 0 Å². The van der Waals surface area contributed by atoms with Gasteiger partial charge in [0.15, 0.2) is 0 Å². The molecular formula is C20H25NO4. The number of benzene rings is 2. The molecule has 134 valence electrons. The molecule has 0 fully saturated rings. The molecule has 2 aromatic carbocycles. The first-order chi connectivity index (χ1) is 12.1. The lowest BCUT2D eigenvalue weighted by atomic mass is 10.1. The zero-order valence-corrected chi connectivity index (χ0v) is 14.9. The highest BCUT2D eigenvalue weighted by Gasteiger charge is 2.10. The summed E-state index contributed by atoms with van der Waals surface area (Å²) >= 11 is 0. The fourth-order valence-corrected chi connectivity index (χ4v) is 2.17. The van der Waals surface area contributed by atoms with Crippen LogP contribution in [-0.2, 0) is 16.0 Å². The van der Waals surface area contributed by atoms with Crippen LogP contribution in [0.2, 0.25) is 0 Å². The van der Waals surface area contributed by atoms with Crippen molar-refractivity contribution in [1.29, 1.82) is 0 Å². The molecule has 0 spiro atoms. The average molecular weight is 343 g/mol. The Labute approximate surface area is 149 Å². The Morgan fingerprint density at radius 3 is 2.44 bits per heavy atom. The molecule has 1 amide bonds. The molecule has 0 bridgehead atoms. The van der Waals surface area contributed by atoms with E-state index in [2.05, 4.69) is 10.1 Å². The first kappa shape index (κ1) is 20.2. The minimum atomic E-state index is -0.0407. The average Bonchev–Trinajstić information content (AvgIpc) is 2.63. The lowest BCUT2D eigenvalue weighted by Gasteiger charge is -2.14. The summed E-state index contributed by atoms with van der Waals surface area (Å²) in [5.74, 6) is 0.796. The van der Waals surface area contributed by atoms with Gasteiger partial charge in [0.25, 0.3) is 12.4 Å².